The van der Waals surface area contributed by atoms with Crippen molar-refractivity contribution in [3.8, 4) is 0 Å². The van der Waals surface area contributed by atoms with E-state index in [9.17, 15) is 4.79 Å². The first-order valence-corrected chi connectivity index (χ1v) is 5.76. The minimum Gasteiger partial charge on any atom is -0.481 e. The van der Waals surface area contributed by atoms with Gasteiger partial charge in [-0.3, -0.25) is 4.79 Å². The number of fused-ring (bicyclic) bond motifs is 1. The maximum Gasteiger partial charge on any atom is 0.307 e. The zero-order valence-electron chi connectivity index (χ0n) is 9.44. The summed E-state index contributed by atoms with van der Waals surface area (Å²) in [5.74, 6) is 0.288. The van der Waals surface area contributed by atoms with Crippen LogP contribution in [0.4, 0.5) is 0 Å². The Kier molecular flexibility index (Phi) is 2.98. The van der Waals surface area contributed by atoms with Crippen molar-refractivity contribution in [2.45, 2.75) is 19.4 Å². The van der Waals surface area contributed by atoms with E-state index in [4.69, 9.17) is 5.11 Å². The third kappa shape index (κ3) is 2.16. The number of rotatable bonds is 5. The van der Waals surface area contributed by atoms with Crippen LogP contribution >= 0.6 is 0 Å². The molecule has 2 fully saturated rings. The van der Waals surface area contributed by atoms with Crippen LogP contribution in [0.25, 0.3) is 0 Å². The summed E-state index contributed by atoms with van der Waals surface area (Å²) in [5.41, 5.74) is 0. The highest BCUT2D eigenvalue weighted by Crippen LogP contribution is 2.51. The van der Waals surface area contributed by atoms with Crippen LogP contribution in [0.1, 0.15) is 13.3 Å². The van der Waals surface area contributed by atoms with E-state index in [1.54, 1.807) is 0 Å². The van der Waals surface area contributed by atoms with E-state index in [1.807, 2.05) is 7.05 Å². The second kappa shape index (κ2) is 4.10. The van der Waals surface area contributed by atoms with Gasteiger partial charge in [-0.25, -0.2) is 0 Å². The lowest BCUT2D eigenvalue weighted by Gasteiger charge is -2.20. The van der Waals surface area contributed by atoms with Gasteiger partial charge in [0.25, 0.3) is 0 Å². The summed E-state index contributed by atoms with van der Waals surface area (Å²) in [6.07, 6.45) is 1.15. The molecular weight excluding hydrogens is 192 g/mol. The van der Waals surface area contributed by atoms with Crippen LogP contribution in [0.3, 0.4) is 0 Å². The standard InChI is InChI=1S/C11H20N2O2/c1-7(12-2)3-4-13-5-8-9(6-13)10(8)11(14)15/h7-10,12H,3-6H2,1-2H3,(H,14,15). The molecule has 1 aliphatic carbocycles. The average Bonchev–Trinajstić information content (AvgIpc) is 2.73. The van der Waals surface area contributed by atoms with E-state index in [0.29, 0.717) is 17.9 Å². The number of hydrogen-bond acceptors (Lipinski definition) is 3. The van der Waals surface area contributed by atoms with Crippen molar-refractivity contribution in [2.24, 2.45) is 17.8 Å². The number of likely N-dealkylation sites (tertiary alicyclic amines) is 1. The molecule has 2 aliphatic rings. The molecule has 0 spiro atoms. The van der Waals surface area contributed by atoms with Gasteiger partial charge in [-0.15, -0.1) is 0 Å². The van der Waals surface area contributed by atoms with Crippen molar-refractivity contribution in [1.29, 1.82) is 0 Å². The number of nitrogens with one attached hydrogen (secondary N) is 1. The molecule has 3 atom stereocenters. The lowest BCUT2D eigenvalue weighted by Crippen LogP contribution is -2.32. The van der Waals surface area contributed by atoms with Crippen LogP contribution in [0, 0.1) is 17.8 Å². The van der Waals surface area contributed by atoms with E-state index in [-0.39, 0.29) is 5.92 Å². The van der Waals surface area contributed by atoms with Crippen LogP contribution in [0.15, 0.2) is 0 Å². The monoisotopic (exact) mass is 212 g/mol. The fourth-order valence-electron chi connectivity index (χ4n) is 2.68. The second-order valence-electron chi connectivity index (χ2n) is 4.93. The summed E-state index contributed by atoms with van der Waals surface area (Å²) in [7, 11) is 1.98. The van der Waals surface area contributed by atoms with E-state index in [1.165, 1.54) is 0 Å². The van der Waals surface area contributed by atoms with Crippen molar-refractivity contribution in [3.05, 3.63) is 0 Å². The van der Waals surface area contributed by atoms with Gasteiger partial charge in [0.15, 0.2) is 0 Å². The van der Waals surface area contributed by atoms with Crippen LogP contribution in [-0.2, 0) is 4.79 Å². The number of carbonyl (C=O) groups is 1. The molecule has 86 valence electrons. The average molecular weight is 212 g/mol. The summed E-state index contributed by atoms with van der Waals surface area (Å²) in [6.45, 7) is 5.27. The van der Waals surface area contributed by atoms with Crippen molar-refractivity contribution in [3.63, 3.8) is 0 Å². The molecule has 0 radical (unpaired) electrons. The molecule has 2 rings (SSSR count). The van der Waals surface area contributed by atoms with Crippen LogP contribution in [-0.4, -0.2) is 48.7 Å². The molecule has 15 heavy (non-hydrogen) atoms. The predicted octanol–water partition coefficient (Wildman–Crippen LogP) is 0.247. The van der Waals surface area contributed by atoms with Gasteiger partial charge in [-0.1, -0.05) is 0 Å². The van der Waals surface area contributed by atoms with Gasteiger partial charge in [0, 0.05) is 19.1 Å². The number of hydrogen-bond donors (Lipinski definition) is 2. The Morgan fingerprint density at radius 3 is 2.60 bits per heavy atom. The van der Waals surface area contributed by atoms with Gasteiger partial charge in [-0.2, -0.15) is 0 Å². The highest BCUT2D eigenvalue weighted by Gasteiger charge is 2.59. The quantitative estimate of drug-likeness (QED) is 0.686. The Hall–Kier alpha value is -0.610. The van der Waals surface area contributed by atoms with E-state index >= 15 is 0 Å². The lowest BCUT2D eigenvalue weighted by atomic mass is 10.2. The molecule has 1 heterocycles. The Labute approximate surface area is 90.6 Å². The Balaban J connectivity index is 1.68. The highest BCUT2D eigenvalue weighted by molar-refractivity contribution is 5.74. The zero-order chi connectivity index (χ0) is 11.0. The van der Waals surface area contributed by atoms with Gasteiger partial charge in [0.1, 0.15) is 0 Å². The topological polar surface area (TPSA) is 52.6 Å². The summed E-state index contributed by atoms with van der Waals surface area (Å²) in [5, 5.41) is 12.1. The third-order valence-corrected chi connectivity index (χ3v) is 3.93. The molecule has 3 unspecified atom stereocenters. The molecule has 4 heteroatoms. The molecule has 4 nitrogen and oxygen atoms in total. The number of aliphatic carboxylic acids is 1. The largest absolute Gasteiger partial charge is 0.481 e. The summed E-state index contributed by atoms with van der Waals surface area (Å²) in [4.78, 5) is 13.2. The first-order chi connectivity index (χ1) is 7.13. The van der Waals surface area contributed by atoms with Crippen LogP contribution < -0.4 is 5.32 Å². The van der Waals surface area contributed by atoms with E-state index < -0.39 is 5.97 Å². The van der Waals surface area contributed by atoms with Crippen molar-refractivity contribution < 1.29 is 9.90 Å². The zero-order valence-corrected chi connectivity index (χ0v) is 9.44. The Morgan fingerprint density at radius 2 is 2.13 bits per heavy atom. The van der Waals surface area contributed by atoms with Gasteiger partial charge >= 0.3 is 5.97 Å². The Bertz CT molecular complexity index is 245. The van der Waals surface area contributed by atoms with Crippen molar-refractivity contribution in [1.82, 2.24) is 10.2 Å². The fourth-order valence-corrected chi connectivity index (χ4v) is 2.68. The highest BCUT2D eigenvalue weighted by atomic mass is 16.4. The molecule has 0 bridgehead atoms. The molecule has 0 aromatic rings. The fraction of sp³-hybridized carbons (Fsp3) is 0.909. The predicted molar refractivity (Wildman–Crippen MR) is 57.7 cm³/mol. The van der Waals surface area contributed by atoms with Crippen LogP contribution in [0.5, 0.6) is 0 Å². The molecule has 2 N–H and O–H groups in total. The maximum absolute atomic E-state index is 10.8. The molecule has 0 amide bonds. The minimum absolute atomic E-state index is 0.0250. The first kappa shape index (κ1) is 10.9. The van der Waals surface area contributed by atoms with Gasteiger partial charge in [0.2, 0.25) is 0 Å². The lowest BCUT2D eigenvalue weighted by molar-refractivity contribution is -0.139. The van der Waals surface area contributed by atoms with Crippen LogP contribution in [0.2, 0.25) is 0 Å². The summed E-state index contributed by atoms with van der Waals surface area (Å²) >= 11 is 0. The third-order valence-electron chi connectivity index (χ3n) is 3.93. The molecule has 0 aromatic heterocycles. The van der Waals surface area contributed by atoms with Gasteiger partial charge in [0.05, 0.1) is 5.92 Å². The smallest absolute Gasteiger partial charge is 0.307 e. The molecule has 1 saturated carbocycles. The maximum atomic E-state index is 10.8. The molecular formula is C11H20N2O2. The number of nitrogens with zero attached hydrogens (tertiary/aromatic N) is 1. The van der Waals surface area contributed by atoms with Crippen molar-refractivity contribution >= 4 is 5.97 Å². The summed E-state index contributed by atoms with van der Waals surface area (Å²) < 4.78 is 0. The normalized spacial score (nSPS) is 36.3. The molecule has 1 saturated heterocycles. The SMILES string of the molecule is CNC(C)CCN1CC2C(C1)C2C(=O)O. The summed E-state index contributed by atoms with van der Waals surface area (Å²) in [6, 6.07) is 0.553. The van der Waals surface area contributed by atoms with Gasteiger partial charge < -0.3 is 15.3 Å². The molecule has 1 aliphatic heterocycles. The Morgan fingerprint density at radius 1 is 1.53 bits per heavy atom. The number of carboxylic acid groups (broad SMARTS) is 1. The molecule has 0 aromatic carbocycles. The number of carboxylic acids is 1. The van der Waals surface area contributed by atoms with E-state index in [0.717, 1.165) is 26.1 Å². The van der Waals surface area contributed by atoms with Crippen molar-refractivity contribution in [2.75, 3.05) is 26.7 Å². The second-order valence-corrected chi connectivity index (χ2v) is 4.93. The van der Waals surface area contributed by atoms with E-state index in [2.05, 4.69) is 17.1 Å². The first-order valence-electron chi connectivity index (χ1n) is 5.76. The number of piperidine rings is 1. The minimum atomic E-state index is -0.590. The van der Waals surface area contributed by atoms with Gasteiger partial charge in [-0.05, 0) is 38.8 Å².